The topological polar surface area (TPSA) is 85.5 Å². The van der Waals surface area contributed by atoms with Gasteiger partial charge in [0, 0.05) is 23.2 Å². The first-order valence-electron chi connectivity index (χ1n) is 5.22. The lowest BCUT2D eigenvalue weighted by Crippen LogP contribution is -1.89. The van der Waals surface area contributed by atoms with E-state index in [4.69, 9.17) is 16.3 Å². The van der Waals surface area contributed by atoms with Crippen LogP contribution in [-0.2, 0) is 0 Å². The summed E-state index contributed by atoms with van der Waals surface area (Å²) in [6, 6.07) is 2.79. The number of thiophene rings is 1. The summed E-state index contributed by atoms with van der Waals surface area (Å²) in [6.07, 6.45) is 2.04. The highest BCUT2D eigenvalue weighted by atomic mass is 35.5. The molecule has 6 nitrogen and oxygen atoms in total. The third kappa shape index (κ3) is 3.19. The fourth-order valence-electron chi connectivity index (χ4n) is 1.34. The fourth-order valence-corrected chi connectivity index (χ4v) is 2.44. The van der Waals surface area contributed by atoms with Crippen molar-refractivity contribution < 1.29 is 14.8 Å². The van der Waals surface area contributed by atoms with Crippen LogP contribution in [0.2, 0.25) is 5.02 Å². The summed E-state index contributed by atoms with van der Waals surface area (Å²) in [5, 5.41) is 20.8. The van der Waals surface area contributed by atoms with E-state index in [1.54, 1.807) is 0 Å². The predicted molar refractivity (Wildman–Crippen MR) is 70.9 cm³/mol. The Balaban J connectivity index is 2.36. The summed E-state index contributed by atoms with van der Waals surface area (Å²) in [5.41, 5.74) is -0.194. The van der Waals surface area contributed by atoms with Gasteiger partial charge in [0.15, 0.2) is 0 Å². The molecule has 0 saturated carbocycles. The highest BCUT2D eigenvalue weighted by Crippen LogP contribution is 2.41. The molecule has 0 aromatic carbocycles. The minimum absolute atomic E-state index is 0.0879. The van der Waals surface area contributed by atoms with Gasteiger partial charge in [-0.05, 0) is 6.92 Å². The standard InChI is InChI=1S/C11H9ClN2O4S/c1-6(15)10-3-9(14(16)17)11(19-10)18-8-2-7(12)4-13-5-8/h2-6,15H,1H3. The molecule has 2 heterocycles. The monoisotopic (exact) mass is 300 g/mol. The van der Waals surface area contributed by atoms with E-state index < -0.39 is 11.0 Å². The predicted octanol–water partition coefficient (Wildman–Crippen LogP) is 3.55. The Morgan fingerprint density at radius 2 is 2.26 bits per heavy atom. The minimum atomic E-state index is -0.793. The number of rotatable bonds is 4. The van der Waals surface area contributed by atoms with Gasteiger partial charge >= 0.3 is 5.69 Å². The van der Waals surface area contributed by atoms with Crippen LogP contribution in [0, 0.1) is 10.1 Å². The van der Waals surface area contributed by atoms with Gasteiger partial charge in [-0.15, -0.1) is 0 Å². The number of nitro groups is 1. The minimum Gasteiger partial charge on any atom is -0.438 e. The summed E-state index contributed by atoms with van der Waals surface area (Å²) >= 11 is 6.77. The van der Waals surface area contributed by atoms with E-state index in [0.717, 1.165) is 11.3 Å². The molecule has 0 spiro atoms. The van der Waals surface area contributed by atoms with Crippen LogP contribution >= 0.6 is 22.9 Å². The normalized spacial score (nSPS) is 12.2. The van der Waals surface area contributed by atoms with Crippen LogP contribution in [0.15, 0.2) is 24.5 Å². The molecule has 2 aromatic heterocycles. The Kier molecular flexibility index (Phi) is 3.98. The van der Waals surface area contributed by atoms with E-state index in [1.807, 2.05) is 0 Å². The van der Waals surface area contributed by atoms with Gasteiger partial charge in [0.1, 0.15) is 5.75 Å². The van der Waals surface area contributed by atoms with Crippen LogP contribution < -0.4 is 4.74 Å². The van der Waals surface area contributed by atoms with Crippen molar-refractivity contribution in [3.05, 3.63) is 44.5 Å². The zero-order chi connectivity index (χ0) is 14.0. The average Bonchev–Trinajstić information content (AvgIpc) is 2.73. The fraction of sp³-hybridized carbons (Fsp3) is 0.182. The highest BCUT2D eigenvalue weighted by Gasteiger charge is 2.23. The van der Waals surface area contributed by atoms with Gasteiger partial charge in [0.05, 0.1) is 22.2 Å². The SMILES string of the molecule is CC(O)c1cc([N+](=O)[O-])c(Oc2cncc(Cl)c2)s1. The van der Waals surface area contributed by atoms with Crippen LogP contribution in [-0.4, -0.2) is 15.0 Å². The summed E-state index contributed by atoms with van der Waals surface area (Å²) in [7, 11) is 0. The molecule has 0 bridgehead atoms. The van der Waals surface area contributed by atoms with Crippen molar-refractivity contribution in [2.75, 3.05) is 0 Å². The zero-order valence-corrected chi connectivity index (χ0v) is 11.3. The van der Waals surface area contributed by atoms with E-state index in [-0.39, 0.29) is 10.8 Å². The Hall–Kier alpha value is -1.70. The quantitative estimate of drug-likeness (QED) is 0.689. The summed E-state index contributed by atoms with van der Waals surface area (Å²) in [5.74, 6) is 0.301. The number of nitrogens with zero attached hydrogens (tertiary/aromatic N) is 2. The Morgan fingerprint density at radius 3 is 2.84 bits per heavy atom. The number of aliphatic hydroxyl groups is 1. The molecule has 1 N–H and O–H groups in total. The first-order valence-corrected chi connectivity index (χ1v) is 6.41. The Labute approximate surface area is 117 Å². The van der Waals surface area contributed by atoms with Crippen molar-refractivity contribution in [2.24, 2.45) is 0 Å². The molecule has 0 amide bonds. The van der Waals surface area contributed by atoms with Gasteiger partial charge in [-0.2, -0.15) is 0 Å². The highest BCUT2D eigenvalue weighted by molar-refractivity contribution is 7.14. The van der Waals surface area contributed by atoms with Gasteiger partial charge in [-0.1, -0.05) is 22.9 Å². The number of ether oxygens (including phenoxy) is 1. The second kappa shape index (κ2) is 5.52. The van der Waals surface area contributed by atoms with E-state index >= 15 is 0 Å². The lowest BCUT2D eigenvalue weighted by atomic mass is 10.3. The second-order valence-corrected chi connectivity index (χ2v) is 5.18. The first kappa shape index (κ1) is 13.7. The van der Waals surface area contributed by atoms with E-state index in [2.05, 4.69) is 4.98 Å². The third-order valence-corrected chi connectivity index (χ3v) is 3.58. The molecule has 1 atom stereocenters. The molecule has 0 radical (unpaired) electrons. The molecule has 0 aliphatic carbocycles. The van der Waals surface area contributed by atoms with Crippen LogP contribution in [0.4, 0.5) is 5.69 Å². The van der Waals surface area contributed by atoms with E-state index in [9.17, 15) is 15.2 Å². The molecular weight excluding hydrogens is 292 g/mol. The number of hydrogen-bond donors (Lipinski definition) is 1. The summed E-state index contributed by atoms with van der Waals surface area (Å²) in [6.45, 7) is 1.53. The van der Waals surface area contributed by atoms with Crippen molar-refractivity contribution >= 4 is 28.6 Å². The largest absolute Gasteiger partial charge is 0.438 e. The van der Waals surface area contributed by atoms with Crippen molar-refractivity contribution in [1.82, 2.24) is 4.98 Å². The maximum Gasteiger partial charge on any atom is 0.323 e. The van der Waals surface area contributed by atoms with E-state index in [0.29, 0.717) is 15.6 Å². The molecule has 100 valence electrons. The van der Waals surface area contributed by atoms with Crippen molar-refractivity contribution in [2.45, 2.75) is 13.0 Å². The third-order valence-electron chi connectivity index (χ3n) is 2.20. The number of pyridine rings is 1. The maximum absolute atomic E-state index is 10.9. The Morgan fingerprint density at radius 1 is 1.53 bits per heavy atom. The van der Waals surface area contributed by atoms with Gasteiger partial charge < -0.3 is 9.84 Å². The van der Waals surface area contributed by atoms with Gasteiger partial charge in [0.2, 0.25) is 0 Å². The molecule has 2 aromatic rings. The Bertz CT molecular complexity index is 614. The van der Waals surface area contributed by atoms with Gasteiger partial charge in [-0.25, -0.2) is 0 Å². The number of aromatic nitrogens is 1. The van der Waals surface area contributed by atoms with Crippen molar-refractivity contribution in [3.8, 4) is 10.8 Å². The van der Waals surface area contributed by atoms with Crippen LogP contribution in [0.3, 0.4) is 0 Å². The van der Waals surface area contributed by atoms with Crippen LogP contribution in [0.5, 0.6) is 10.8 Å². The number of aliphatic hydroxyl groups excluding tert-OH is 1. The van der Waals surface area contributed by atoms with Crippen LogP contribution in [0.25, 0.3) is 0 Å². The molecular formula is C11H9ClN2O4S. The lowest BCUT2D eigenvalue weighted by Gasteiger charge is -2.02. The van der Waals surface area contributed by atoms with E-state index in [1.165, 1.54) is 31.5 Å². The van der Waals surface area contributed by atoms with Gasteiger partial charge in [-0.3, -0.25) is 15.1 Å². The zero-order valence-electron chi connectivity index (χ0n) is 9.74. The molecule has 1 unspecified atom stereocenters. The average molecular weight is 301 g/mol. The molecule has 8 heteroatoms. The van der Waals surface area contributed by atoms with Crippen LogP contribution in [0.1, 0.15) is 17.9 Å². The maximum atomic E-state index is 10.9. The second-order valence-electron chi connectivity index (χ2n) is 3.70. The smallest absolute Gasteiger partial charge is 0.323 e. The van der Waals surface area contributed by atoms with Gasteiger partial charge in [0.25, 0.3) is 5.06 Å². The van der Waals surface area contributed by atoms with Crippen molar-refractivity contribution in [1.29, 1.82) is 0 Å². The summed E-state index contributed by atoms with van der Waals surface area (Å²) < 4.78 is 5.40. The molecule has 0 aliphatic heterocycles. The number of hydrogen-bond acceptors (Lipinski definition) is 6. The molecule has 0 saturated heterocycles. The molecule has 2 rings (SSSR count). The lowest BCUT2D eigenvalue weighted by molar-refractivity contribution is -0.385. The first-order chi connectivity index (χ1) is 8.97. The van der Waals surface area contributed by atoms with Crippen molar-refractivity contribution in [3.63, 3.8) is 0 Å². The molecule has 0 aliphatic rings. The number of halogens is 1. The summed E-state index contributed by atoms with van der Waals surface area (Å²) in [4.78, 5) is 14.6. The molecule has 0 fully saturated rings. The molecule has 19 heavy (non-hydrogen) atoms.